The number of fused-ring (bicyclic) bond motifs is 1. The maximum Gasteiger partial charge on any atom is 0.251 e. The van der Waals surface area contributed by atoms with Crippen molar-refractivity contribution >= 4 is 5.91 Å². The molecule has 0 aliphatic carbocycles. The molecule has 1 heterocycles. The SMILES string of the molecule is CC(C)(O)CCc1ccc(C(=O)NCCN2CCc3ccccc3C2)cc1. The topological polar surface area (TPSA) is 52.6 Å². The largest absolute Gasteiger partial charge is 0.390 e. The van der Waals surface area contributed by atoms with Gasteiger partial charge in [-0.1, -0.05) is 36.4 Å². The van der Waals surface area contributed by atoms with Crippen LogP contribution < -0.4 is 5.32 Å². The molecule has 0 bridgehead atoms. The van der Waals surface area contributed by atoms with Gasteiger partial charge in [0.1, 0.15) is 0 Å². The summed E-state index contributed by atoms with van der Waals surface area (Å²) in [5, 5.41) is 12.8. The van der Waals surface area contributed by atoms with Crippen molar-refractivity contribution < 1.29 is 9.90 Å². The average molecular weight is 367 g/mol. The summed E-state index contributed by atoms with van der Waals surface area (Å²) in [6, 6.07) is 16.3. The summed E-state index contributed by atoms with van der Waals surface area (Å²) in [7, 11) is 0. The Morgan fingerprint density at radius 1 is 1.11 bits per heavy atom. The van der Waals surface area contributed by atoms with Crippen LogP contribution in [-0.2, 0) is 19.4 Å². The molecule has 0 radical (unpaired) electrons. The molecule has 2 aromatic carbocycles. The summed E-state index contributed by atoms with van der Waals surface area (Å²) >= 11 is 0. The van der Waals surface area contributed by atoms with Crippen LogP contribution in [0.5, 0.6) is 0 Å². The Morgan fingerprint density at radius 2 is 1.81 bits per heavy atom. The summed E-state index contributed by atoms with van der Waals surface area (Å²) in [4.78, 5) is 14.7. The van der Waals surface area contributed by atoms with Crippen LogP contribution in [0.25, 0.3) is 0 Å². The predicted octanol–water partition coefficient (Wildman–Crippen LogP) is 3.18. The van der Waals surface area contributed by atoms with Crippen molar-refractivity contribution in [3.05, 3.63) is 70.8 Å². The van der Waals surface area contributed by atoms with Crippen LogP contribution in [0.2, 0.25) is 0 Å². The Bertz CT molecular complexity index is 763. The normalized spacial score (nSPS) is 14.6. The standard InChI is InChI=1S/C23H30N2O2/c1-23(2,27)13-11-18-7-9-20(10-8-18)22(26)24-14-16-25-15-12-19-5-3-4-6-21(19)17-25/h3-10,27H,11-17H2,1-2H3,(H,24,26). The Morgan fingerprint density at radius 3 is 2.52 bits per heavy atom. The minimum Gasteiger partial charge on any atom is -0.390 e. The highest BCUT2D eigenvalue weighted by Gasteiger charge is 2.16. The number of nitrogens with zero attached hydrogens (tertiary/aromatic N) is 1. The summed E-state index contributed by atoms with van der Waals surface area (Å²) in [6.45, 7) is 7.15. The third-order valence-electron chi connectivity index (χ3n) is 5.16. The number of hydrogen-bond acceptors (Lipinski definition) is 3. The van der Waals surface area contributed by atoms with Gasteiger partial charge in [-0.15, -0.1) is 0 Å². The smallest absolute Gasteiger partial charge is 0.251 e. The molecule has 0 aromatic heterocycles. The highest BCUT2D eigenvalue weighted by molar-refractivity contribution is 5.94. The number of rotatable bonds is 7. The molecular weight excluding hydrogens is 336 g/mol. The molecule has 1 aliphatic heterocycles. The third kappa shape index (κ3) is 5.91. The lowest BCUT2D eigenvalue weighted by molar-refractivity contribution is 0.0713. The van der Waals surface area contributed by atoms with Gasteiger partial charge in [0.2, 0.25) is 0 Å². The van der Waals surface area contributed by atoms with Gasteiger partial charge in [0.05, 0.1) is 5.60 Å². The Kier molecular flexibility index (Phi) is 6.30. The molecule has 3 rings (SSSR count). The lowest BCUT2D eigenvalue weighted by atomic mass is 9.98. The van der Waals surface area contributed by atoms with Gasteiger partial charge >= 0.3 is 0 Å². The van der Waals surface area contributed by atoms with Crippen molar-refractivity contribution in [2.45, 2.75) is 45.3 Å². The van der Waals surface area contributed by atoms with E-state index in [9.17, 15) is 9.90 Å². The zero-order valence-corrected chi connectivity index (χ0v) is 16.4. The first kappa shape index (κ1) is 19.6. The fourth-order valence-electron chi connectivity index (χ4n) is 3.45. The van der Waals surface area contributed by atoms with Crippen LogP contribution in [0.4, 0.5) is 0 Å². The highest BCUT2D eigenvalue weighted by atomic mass is 16.3. The van der Waals surface area contributed by atoms with Gasteiger partial charge in [-0.05, 0) is 61.9 Å². The van der Waals surface area contributed by atoms with E-state index < -0.39 is 5.60 Å². The molecule has 4 heteroatoms. The zero-order chi connectivity index (χ0) is 19.3. The van der Waals surface area contributed by atoms with Crippen LogP contribution >= 0.6 is 0 Å². The van der Waals surface area contributed by atoms with E-state index in [1.165, 1.54) is 11.1 Å². The first-order chi connectivity index (χ1) is 12.9. The molecule has 2 N–H and O–H groups in total. The number of benzene rings is 2. The first-order valence-corrected chi connectivity index (χ1v) is 9.79. The summed E-state index contributed by atoms with van der Waals surface area (Å²) in [5.74, 6) is -0.0264. The zero-order valence-electron chi connectivity index (χ0n) is 16.4. The van der Waals surface area contributed by atoms with E-state index in [0.29, 0.717) is 18.5 Å². The fourth-order valence-corrected chi connectivity index (χ4v) is 3.45. The lowest BCUT2D eigenvalue weighted by Gasteiger charge is -2.28. The van der Waals surface area contributed by atoms with Crippen molar-refractivity contribution in [1.29, 1.82) is 0 Å². The Balaban J connectivity index is 1.43. The van der Waals surface area contributed by atoms with Gasteiger partial charge in [-0.3, -0.25) is 9.69 Å². The number of carbonyl (C=O) groups excluding carboxylic acids is 1. The van der Waals surface area contributed by atoms with E-state index in [4.69, 9.17) is 0 Å². The van der Waals surface area contributed by atoms with Crippen molar-refractivity contribution in [2.75, 3.05) is 19.6 Å². The van der Waals surface area contributed by atoms with E-state index in [0.717, 1.165) is 38.0 Å². The van der Waals surface area contributed by atoms with Crippen LogP contribution in [0.3, 0.4) is 0 Å². The van der Waals surface area contributed by atoms with Crippen molar-refractivity contribution in [3.63, 3.8) is 0 Å². The van der Waals surface area contributed by atoms with Crippen molar-refractivity contribution in [2.24, 2.45) is 0 Å². The third-order valence-corrected chi connectivity index (χ3v) is 5.16. The van der Waals surface area contributed by atoms with Crippen LogP contribution in [0.1, 0.15) is 47.3 Å². The number of aliphatic hydroxyl groups is 1. The second-order valence-corrected chi connectivity index (χ2v) is 8.06. The number of carbonyl (C=O) groups is 1. The van der Waals surface area contributed by atoms with Gasteiger partial charge in [-0.25, -0.2) is 0 Å². The molecule has 1 amide bonds. The monoisotopic (exact) mass is 366 g/mol. The minimum atomic E-state index is -0.662. The van der Waals surface area contributed by atoms with E-state index in [1.807, 2.05) is 38.1 Å². The molecule has 2 aromatic rings. The molecule has 0 spiro atoms. The van der Waals surface area contributed by atoms with Gasteiger partial charge < -0.3 is 10.4 Å². The minimum absolute atomic E-state index is 0.0264. The van der Waals surface area contributed by atoms with Gasteiger partial charge in [0.25, 0.3) is 5.91 Å². The quantitative estimate of drug-likeness (QED) is 0.791. The van der Waals surface area contributed by atoms with Crippen LogP contribution in [0.15, 0.2) is 48.5 Å². The molecule has 0 saturated carbocycles. The molecular formula is C23H30N2O2. The second-order valence-electron chi connectivity index (χ2n) is 8.06. The average Bonchev–Trinajstić information content (AvgIpc) is 2.66. The molecule has 4 nitrogen and oxygen atoms in total. The maximum absolute atomic E-state index is 12.3. The van der Waals surface area contributed by atoms with E-state index in [1.54, 1.807) is 0 Å². The Hall–Kier alpha value is -2.17. The molecule has 0 atom stereocenters. The van der Waals surface area contributed by atoms with Crippen LogP contribution in [-0.4, -0.2) is 41.1 Å². The Labute approximate surface area is 162 Å². The fraction of sp³-hybridized carbons (Fsp3) is 0.435. The van der Waals surface area contributed by atoms with Crippen LogP contribution in [0, 0.1) is 0 Å². The highest BCUT2D eigenvalue weighted by Crippen LogP contribution is 2.18. The summed E-state index contributed by atoms with van der Waals surface area (Å²) < 4.78 is 0. The van der Waals surface area contributed by atoms with Crippen molar-refractivity contribution in [1.82, 2.24) is 10.2 Å². The summed E-state index contributed by atoms with van der Waals surface area (Å²) in [6.07, 6.45) is 2.59. The molecule has 0 unspecified atom stereocenters. The van der Waals surface area contributed by atoms with Gasteiger partial charge in [0.15, 0.2) is 0 Å². The number of amides is 1. The number of hydrogen-bond donors (Lipinski definition) is 2. The van der Waals surface area contributed by atoms with Crippen molar-refractivity contribution in [3.8, 4) is 0 Å². The molecule has 27 heavy (non-hydrogen) atoms. The van der Waals surface area contributed by atoms with Gasteiger partial charge in [-0.2, -0.15) is 0 Å². The number of nitrogens with one attached hydrogen (secondary N) is 1. The molecule has 0 saturated heterocycles. The molecule has 1 aliphatic rings. The van der Waals surface area contributed by atoms with Gasteiger partial charge in [0, 0.05) is 31.7 Å². The maximum atomic E-state index is 12.3. The molecule has 144 valence electrons. The van der Waals surface area contributed by atoms with E-state index >= 15 is 0 Å². The predicted molar refractivity (Wildman–Crippen MR) is 109 cm³/mol. The van der Waals surface area contributed by atoms with E-state index in [2.05, 4.69) is 34.5 Å². The number of aryl methyl sites for hydroxylation is 1. The first-order valence-electron chi connectivity index (χ1n) is 9.79. The molecule has 0 fully saturated rings. The second kappa shape index (κ2) is 8.68. The lowest BCUT2D eigenvalue weighted by Crippen LogP contribution is -2.37. The summed E-state index contributed by atoms with van der Waals surface area (Å²) in [5.41, 5.74) is 4.01. The van der Waals surface area contributed by atoms with E-state index in [-0.39, 0.29) is 5.91 Å².